The Morgan fingerprint density at radius 3 is 2.65 bits per heavy atom. The van der Waals surface area contributed by atoms with Gasteiger partial charge in [-0.15, -0.1) is 0 Å². The maximum absolute atomic E-state index is 11.4. The second-order valence-corrected chi connectivity index (χ2v) is 3.95. The third-order valence-electron chi connectivity index (χ3n) is 2.87. The molecule has 2 aromatic heterocycles. The van der Waals surface area contributed by atoms with Gasteiger partial charge in [0.2, 0.25) is 5.52 Å². The summed E-state index contributed by atoms with van der Waals surface area (Å²) in [5, 5.41) is 0.904. The molecule has 2 heterocycles. The van der Waals surface area contributed by atoms with Crippen LogP contribution < -0.4 is 15.7 Å². The first-order valence-electron chi connectivity index (χ1n) is 5.20. The van der Waals surface area contributed by atoms with Crippen molar-refractivity contribution in [2.45, 2.75) is 0 Å². The lowest BCUT2D eigenvalue weighted by Crippen LogP contribution is -2.30. The van der Waals surface area contributed by atoms with Gasteiger partial charge in [-0.25, -0.2) is 4.57 Å². The highest BCUT2D eigenvalue weighted by Gasteiger charge is 2.09. The van der Waals surface area contributed by atoms with Gasteiger partial charge in [-0.1, -0.05) is 0 Å². The molecule has 0 aliphatic heterocycles. The van der Waals surface area contributed by atoms with Crippen LogP contribution in [0, 0.1) is 0 Å². The van der Waals surface area contributed by atoms with Gasteiger partial charge in [0.25, 0.3) is 0 Å². The number of nitrogens with one attached hydrogen (secondary N) is 2. The average molecular weight is 228 g/mol. The third kappa shape index (κ3) is 1.36. The molecule has 3 aromatic rings. The first-order valence-corrected chi connectivity index (χ1v) is 5.20. The predicted octanol–water partition coefficient (Wildman–Crippen LogP) is 0.194. The van der Waals surface area contributed by atoms with Crippen molar-refractivity contribution in [2.24, 2.45) is 7.05 Å². The molecule has 0 amide bonds. The molecule has 2 N–H and O–H groups in total. The normalized spacial score (nSPS) is 11.1. The van der Waals surface area contributed by atoms with E-state index in [1.807, 2.05) is 36.0 Å². The van der Waals surface area contributed by atoms with Crippen molar-refractivity contribution < 1.29 is 4.57 Å². The molecule has 0 aliphatic carbocycles. The van der Waals surface area contributed by atoms with Gasteiger partial charge >= 0.3 is 11.1 Å². The Hall–Kier alpha value is -2.43. The molecule has 0 fully saturated rings. The highest BCUT2D eigenvalue weighted by molar-refractivity contribution is 6.00. The zero-order valence-corrected chi connectivity index (χ0v) is 9.15. The SMILES string of the molecule is C[n+]1cccc2c3[nH]c(=O)c(=O)[nH]c3ccc21. The Labute approximate surface area is 95.4 Å². The number of nitrogens with zero attached hydrogens (tertiary/aromatic N) is 1. The van der Waals surface area contributed by atoms with E-state index in [4.69, 9.17) is 0 Å². The maximum atomic E-state index is 11.4. The molecule has 0 bridgehead atoms. The van der Waals surface area contributed by atoms with Crippen molar-refractivity contribution in [3.8, 4) is 0 Å². The van der Waals surface area contributed by atoms with Gasteiger partial charge in [0, 0.05) is 12.1 Å². The monoisotopic (exact) mass is 228 g/mol. The van der Waals surface area contributed by atoms with E-state index in [9.17, 15) is 9.59 Å². The molecule has 1 aromatic carbocycles. The molecule has 0 aliphatic rings. The fraction of sp³-hybridized carbons (Fsp3) is 0.0833. The zero-order chi connectivity index (χ0) is 12.0. The Balaban J connectivity index is 2.65. The van der Waals surface area contributed by atoms with Crippen LogP contribution >= 0.6 is 0 Å². The van der Waals surface area contributed by atoms with Crippen LogP contribution in [0.15, 0.2) is 40.1 Å². The van der Waals surface area contributed by atoms with Crippen molar-refractivity contribution in [3.05, 3.63) is 51.2 Å². The van der Waals surface area contributed by atoms with Crippen molar-refractivity contribution in [3.63, 3.8) is 0 Å². The first kappa shape index (κ1) is 9.77. The fourth-order valence-electron chi connectivity index (χ4n) is 2.02. The van der Waals surface area contributed by atoms with Gasteiger partial charge < -0.3 is 9.97 Å². The molecule has 0 unspecified atom stereocenters. The number of hydrogen-bond acceptors (Lipinski definition) is 2. The van der Waals surface area contributed by atoms with E-state index in [1.165, 1.54) is 0 Å². The van der Waals surface area contributed by atoms with Crippen LogP contribution in [0.5, 0.6) is 0 Å². The molecule has 0 radical (unpaired) electrons. The van der Waals surface area contributed by atoms with Gasteiger partial charge in [0.15, 0.2) is 6.20 Å². The standard InChI is InChI=1S/C12H9N3O2/c1-15-6-2-3-7-9(15)5-4-8-10(7)14-12(17)11(16)13-8/h2-6H,1H3,(H,13,16)/p+1. The van der Waals surface area contributed by atoms with E-state index in [2.05, 4.69) is 9.97 Å². The lowest BCUT2D eigenvalue weighted by Gasteiger charge is -2.01. The van der Waals surface area contributed by atoms with E-state index in [0.717, 1.165) is 10.9 Å². The summed E-state index contributed by atoms with van der Waals surface area (Å²) in [4.78, 5) is 27.8. The van der Waals surface area contributed by atoms with Gasteiger partial charge in [0.1, 0.15) is 7.05 Å². The smallest absolute Gasteiger partial charge is 0.314 e. The summed E-state index contributed by atoms with van der Waals surface area (Å²) in [7, 11) is 1.93. The van der Waals surface area contributed by atoms with Gasteiger partial charge in [-0.05, 0) is 12.1 Å². The predicted molar refractivity (Wildman–Crippen MR) is 63.9 cm³/mol. The van der Waals surface area contributed by atoms with Gasteiger partial charge in [0.05, 0.1) is 16.4 Å². The van der Waals surface area contributed by atoms with Crippen LogP contribution in [0.1, 0.15) is 0 Å². The minimum atomic E-state index is -0.628. The molecule has 3 rings (SSSR count). The number of pyridine rings is 1. The van der Waals surface area contributed by atoms with Crippen LogP contribution in [0.25, 0.3) is 21.9 Å². The third-order valence-corrected chi connectivity index (χ3v) is 2.87. The molecular weight excluding hydrogens is 218 g/mol. The summed E-state index contributed by atoms with van der Waals surface area (Å²) in [5.74, 6) is 0. The molecular formula is C12H10N3O2+. The number of aryl methyl sites for hydroxylation is 1. The van der Waals surface area contributed by atoms with Crippen molar-refractivity contribution >= 4 is 21.9 Å². The van der Waals surface area contributed by atoms with E-state index in [0.29, 0.717) is 11.0 Å². The lowest BCUT2D eigenvalue weighted by molar-refractivity contribution is -0.644. The highest BCUT2D eigenvalue weighted by Crippen LogP contribution is 2.17. The van der Waals surface area contributed by atoms with E-state index >= 15 is 0 Å². The number of benzene rings is 1. The number of aromatic nitrogens is 3. The lowest BCUT2D eigenvalue weighted by atomic mass is 10.1. The van der Waals surface area contributed by atoms with Crippen LogP contribution in [0.3, 0.4) is 0 Å². The maximum Gasteiger partial charge on any atom is 0.314 e. The summed E-state index contributed by atoms with van der Waals surface area (Å²) in [6.45, 7) is 0. The molecule has 84 valence electrons. The summed E-state index contributed by atoms with van der Waals surface area (Å²) < 4.78 is 1.96. The summed E-state index contributed by atoms with van der Waals surface area (Å²) >= 11 is 0. The van der Waals surface area contributed by atoms with Crippen molar-refractivity contribution in [1.82, 2.24) is 9.97 Å². The summed E-state index contributed by atoms with van der Waals surface area (Å²) in [5.41, 5.74) is 1.02. The largest absolute Gasteiger partial charge is 0.316 e. The minimum Gasteiger partial charge on any atom is -0.316 e. The van der Waals surface area contributed by atoms with Crippen LogP contribution in [-0.4, -0.2) is 9.97 Å². The van der Waals surface area contributed by atoms with Crippen LogP contribution in [-0.2, 0) is 7.05 Å². The Kier molecular flexibility index (Phi) is 1.89. The second-order valence-electron chi connectivity index (χ2n) is 3.95. The number of rotatable bonds is 0. The molecule has 5 heteroatoms. The molecule has 0 spiro atoms. The van der Waals surface area contributed by atoms with Crippen LogP contribution in [0.2, 0.25) is 0 Å². The van der Waals surface area contributed by atoms with Gasteiger partial charge in [-0.3, -0.25) is 9.59 Å². The zero-order valence-electron chi connectivity index (χ0n) is 9.15. The molecule has 5 nitrogen and oxygen atoms in total. The number of hydrogen-bond donors (Lipinski definition) is 2. The fourth-order valence-corrected chi connectivity index (χ4v) is 2.02. The number of aromatic amines is 2. The van der Waals surface area contributed by atoms with E-state index in [1.54, 1.807) is 6.07 Å². The number of fused-ring (bicyclic) bond motifs is 3. The number of H-pyrrole nitrogens is 2. The Bertz CT molecular complexity index is 846. The molecule has 0 saturated heterocycles. The first-order chi connectivity index (χ1) is 8.16. The summed E-state index contributed by atoms with van der Waals surface area (Å²) in [6, 6.07) is 7.50. The highest BCUT2D eigenvalue weighted by atomic mass is 16.2. The molecule has 17 heavy (non-hydrogen) atoms. The van der Waals surface area contributed by atoms with Crippen molar-refractivity contribution in [1.29, 1.82) is 0 Å². The van der Waals surface area contributed by atoms with E-state index < -0.39 is 11.1 Å². The van der Waals surface area contributed by atoms with Gasteiger partial charge in [-0.2, -0.15) is 0 Å². The van der Waals surface area contributed by atoms with Crippen LogP contribution in [0.4, 0.5) is 0 Å². The quantitative estimate of drug-likeness (QED) is 0.328. The second kappa shape index (κ2) is 3.28. The molecule has 0 atom stereocenters. The summed E-state index contributed by atoms with van der Waals surface area (Å²) in [6.07, 6.45) is 1.93. The topological polar surface area (TPSA) is 69.6 Å². The minimum absolute atomic E-state index is 0.628. The average Bonchev–Trinajstić information content (AvgIpc) is 2.31. The molecule has 0 saturated carbocycles. The van der Waals surface area contributed by atoms with Crippen molar-refractivity contribution in [2.75, 3.05) is 0 Å². The van der Waals surface area contributed by atoms with E-state index in [-0.39, 0.29) is 0 Å². The Morgan fingerprint density at radius 2 is 1.82 bits per heavy atom. The Morgan fingerprint density at radius 1 is 1.06 bits per heavy atom.